The second kappa shape index (κ2) is 3.82. The van der Waals surface area contributed by atoms with Crippen LogP contribution in [0.15, 0.2) is 21.5 Å². The molecule has 0 bridgehead atoms. The molecule has 2 aromatic heterocycles. The Hall–Kier alpha value is -1.69. The molecule has 2 aromatic rings. The highest BCUT2D eigenvalue weighted by atomic mass is 35.5. The molecule has 0 spiro atoms. The summed E-state index contributed by atoms with van der Waals surface area (Å²) in [7, 11) is 0. The van der Waals surface area contributed by atoms with Crippen LogP contribution in [0.2, 0.25) is 0 Å². The van der Waals surface area contributed by atoms with Crippen molar-refractivity contribution in [3.8, 4) is 11.6 Å². The quantitative estimate of drug-likeness (QED) is 0.776. The zero-order chi connectivity index (χ0) is 10.8. The fourth-order valence-electron chi connectivity index (χ4n) is 0.964. The van der Waals surface area contributed by atoms with E-state index in [1.54, 1.807) is 6.92 Å². The summed E-state index contributed by atoms with van der Waals surface area (Å²) in [6, 6.07) is 2.82. The molecule has 1 unspecified atom stereocenters. The first-order valence-electron chi connectivity index (χ1n) is 4.20. The van der Waals surface area contributed by atoms with Crippen LogP contribution in [-0.2, 0) is 0 Å². The van der Waals surface area contributed by atoms with Crippen LogP contribution in [0.1, 0.15) is 18.1 Å². The van der Waals surface area contributed by atoms with Crippen molar-refractivity contribution in [2.24, 2.45) is 0 Å². The van der Waals surface area contributed by atoms with E-state index in [0.29, 0.717) is 11.5 Å². The van der Waals surface area contributed by atoms with E-state index in [1.165, 1.54) is 12.1 Å². The summed E-state index contributed by atoms with van der Waals surface area (Å²) in [6.45, 7) is 1.73. The number of nitrogens with one attached hydrogen (secondary N) is 1. The van der Waals surface area contributed by atoms with Gasteiger partial charge in [-0.3, -0.25) is 4.79 Å². The topological polar surface area (TPSA) is 84.7 Å². The van der Waals surface area contributed by atoms with Crippen LogP contribution < -0.4 is 5.56 Å². The predicted octanol–water partition coefficient (Wildman–Crippen LogP) is 1.12. The fourth-order valence-corrected chi connectivity index (χ4v) is 1.05. The molecule has 0 saturated carbocycles. The van der Waals surface area contributed by atoms with Crippen molar-refractivity contribution in [2.75, 3.05) is 0 Å². The summed E-state index contributed by atoms with van der Waals surface area (Å²) in [4.78, 5) is 14.8. The first-order valence-corrected chi connectivity index (χ1v) is 4.64. The molecule has 15 heavy (non-hydrogen) atoms. The maximum atomic E-state index is 10.8. The van der Waals surface area contributed by atoms with Gasteiger partial charge in [-0.1, -0.05) is 5.16 Å². The average molecular weight is 227 g/mol. The molecular formula is C8H7ClN4O2. The molecule has 78 valence electrons. The molecule has 0 aliphatic heterocycles. The highest BCUT2D eigenvalue weighted by Crippen LogP contribution is 2.19. The second-order valence-electron chi connectivity index (χ2n) is 2.88. The zero-order valence-electron chi connectivity index (χ0n) is 7.77. The molecule has 7 heteroatoms. The van der Waals surface area contributed by atoms with Gasteiger partial charge in [-0.15, -0.1) is 11.6 Å². The lowest BCUT2D eigenvalue weighted by molar-refractivity contribution is 0.421. The molecule has 0 aromatic carbocycles. The SMILES string of the molecule is CC(Cl)c1noc(-c2ccc(=O)[nH]n2)n1. The Labute approximate surface area is 89.3 Å². The molecule has 2 rings (SSSR count). The number of hydrogen-bond donors (Lipinski definition) is 1. The normalized spacial score (nSPS) is 12.7. The Morgan fingerprint density at radius 1 is 1.53 bits per heavy atom. The van der Waals surface area contributed by atoms with Crippen molar-refractivity contribution in [1.29, 1.82) is 0 Å². The number of aromatic amines is 1. The minimum absolute atomic E-state index is 0.230. The largest absolute Gasteiger partial charge is 0.332 e. The highest BCUT2D eigenvalue weighted by molar-refractivity contribution is 6.20. The molecule has 1 N–H and O–H groups in total. The third kappa shape index (κ3) is 2.04. The van der Waals surface area contributed by atoms with Crippen molar-refractivity contribution >= 4 is 11.6 Å². The molecule has 0 aliphatic carbocycles. The van der Waals surface area contributed by atoms with Gasteiger partial charge in [0, 0.05) is 6.07 Å². The van der Waals surface area contributed by atoms with E-state index in [1.807, 2.05) is 0 Å². The van der Waals surface area contributed by atoms with Gasteiger partial charge in [0.05, 0.1) is 5.38 Å². The molecule has 2 heterocycles. The van der Waals surface area contributed by atoms with Gasteiger partial charge < -0.3 is 4.52 Å². The number of aromatic nitrogens is 4. The summed E-state index contributed by atoms with van der Waals surface area (Å²) >= 11 is 5.77. The number of hydrogen-bond acceptors (Lipinski definition) is 5. The lowest BCUT2D eigenvalue weighted by Crippen LogP contribution is -2.05. The zero-order valence-corrected chi connectivity index (χ0v) is 8.52. The van der Waals surface area contributed by atoms with Gasteiger partial charge in [0.25, 0.3) is 11.4 Å². The molecule has 0 saturated heterocycles. The Balaban J connectivity index is 2.37. The van der Waals surface area contributed by atoms with Crippen molar-refractivity contribution in [3.63, 3.8) is 0 Å². The van der Waals surface area contributed by atoms with E-state index in [2.05, 4.69) is 20.3 Å². The number of rotatable bonds is 2. The molecule has 0 amide bonds. The number of H-pyrrole nitrogens is 1. The Morgan fingerprint density at radius 3 is 2.87 bits per heavy atom. The van der Waals surface area contributed by atoms with Gasteiger partial charge in [-0.05, 0) is 13.0 Å². The van der Waals surface area contributed by atoms with E-state index in [4.69, 9.17) is 16.1 Å². The van der Waals surface area contributed by atoms with Gasteiger partial charge in [0.2, 0.25) is 0 Å². The molecule has 0 radical (unpaired) electrons. The minimum atomic E-state index is -0.328. The second-order valence-corrected chi connectivity index (χ2v) is 3.53. The van der Waals surface area contributed by atoms with Gasteiger partial charge >= 0.3 is 0 Å². The van der Waals surface area contributed by atoms with E-state index < -0.39 is 0 Å². The maximum absolute atomic E-state index is 10.8. The number of nitrogens with zero attached hydrogens (tertiary/aromatic N) is 3. The van der Waals surface area contributed by atoms with Gasteiger partial charge in [0.1, 0.15) is 5.69 Å². The van der Waals surface area contributed by atoms with Crippen LogP contribution in [-0.4, -0.2) is 20.3 Å². The predicted molar refractivity (Wildman–Crippen MR) is 52.4 cm³/mol. The van der Waals surface area contributed by atoms with E-state index >= 15 is 0 Å². The monoisotopic (exact) mass is 226 g/mol. The lowest BCUT2D eigenvalue weighted by atomic mass is 10.4. The summed E-state index contributed by atoms with van der Waals surface area (Å²) in [6.07, 6.45) is 0. The molecular weight excluding hydrogens is 220 g/mol. The van der Waals surface area contributed by atoms with E-state index in [9.17, 15) is 4.79 Å². The Morgan fingerprint density at radius 2 is 2.33 bits per heavy atom. The molecule has 0 fully saturated rings. The fraction of sp³-hybridized carbons (Fsp3) is 0.250. The number of halogens is 1. The van der Waals surface area contributed by atoms with Gasteiger partial charge in [-0.2, -0.15) is 10.1 Å². The summed E-state index contributed by atoms with van der Waals surface area (Å²) in [5.41, 5.74) is 0.120. The highest BCUT2D eigenvalue weighted by Gasteiger charge is 2.13. The van der Waals surface area contributed by atoms with Crippen molar-refractivity contribution in [3.05, 3.63) is 28.3 Å². The third-order valence-corrected chi connectivity index (χ3v) is 1.89. The maximum Gasteiger partial charge on any atom is 0.278 e. The molecule has 0 aliphatic rings. The van der Waals surface area contributed by atoms with E-state index in [0.717, 1.165) is 0 Å². The summed E-state index contributed by atoms with van der Waals surface area (Å²) in [5, 5.41) is 9.35. The van der Waals surface area contributed by atoms with Crippen LogP contribution >= 0.6 is 11.6 Å². The first kappa shape index (κ1) is 9.85. The van der Waals surface area contributed by atoms with Gasteiger partial charge in [0.15, 0.2) is 5.82 Å². The molecule has 1 atom stereocenters. The summed E-state index contributed by atoms with van der Waals surface area (Å²) < 4.78 is 4.92. The van der Waals surface area contributed by atoms with E-state index in [-0.39, 0.29) is 16.8 Å². The van der Waals surface area contributed by atoms with Crippen LogP contribution in [0.5, 0.6) is 0 Å². The third-order valence-electron chi connectivity index (χ3n) is 1.70. The van der Waals surface area contributed by atoms with Crippen LogP contribution in [0.3, 0.4) is 0 Å². The Kier molecular flexibility index (Phi) is 2.51. The van der Waals surface area contributed by atoms with Crippen LogP contribution in [0.25, 0.3) is 11.6 Å². The minimum Gasteiger partial charge on any atom is -0.332 e. The van der Waals surface area contributed by atoms with Crippen LogP contribution in [0.4, 0.5) is 0 Å². The van der Waals surface area contributed by atoms with Crippen molar-refractivity contribution < 1.29 is 4.52 Å². The Bertz CT molecular complexity index is 499. The first-order chi connectivity index (χ1) is 7.16. The van der Waals surface area contributed by atoms with Crippen molar-refractivity contribution in [1.82, 2.24) is 20.3 Å². The standard InChI is InChI=1S/C8H7ClN4O2/c1-4(9)7-10-8(15-13-7)5-2-3-6(14)12-11-5/h2-4H,1H3,(H,12,14). The smallest absolute Gasteiger partial charge is 0.278 e. The van der Waals surface area contributed by atoms with Crippen LogP contribution in [0, 0.1) is 0 Å². The lowest BCUT2D eigenvalue weighted by Gasteiger charge is -1.90. The number of alkyl halides is 1. The van der Waals surface area contributed by atoms with Gasteiger partial charge in [-0.25, -0.2) is 5.10 Å². The summed E-state index contributed by atoms with van der Waals surface area (Å²) in [5.74, 6) is 0.619. The molecule has 6 nitrogen and oxygen atoms in total. The average Bonchev–Trinajstić information content (AvgIpc) is 2.68. The van der Waals surface area contributed by atoms with Crippen molar-refractivity contribution in [2.45, 2.75) is 12.3 Å².